The molecule has 0 unspecified atom stereocenters. The number of pyridine rings is 1. The molecule has 108 valence electrons. The largest absolute Gasteiger partial charge is 0.481 e. The standard InChI is InChI=1S/C13H17N3O4/c1-20-11-7-9(4-5-14-11)8-15-13(19)16-6-2-3-10(16)12(17)18/h4-5,7,10H,2-3,6,8H2,1H3,(H,15,19)(H,17,18)/t10-/m0/s1. The second-order valence-electron chi connectivity index (χ2n) is 4.55. The molecule has 20 heavy (non-hydrogen) atoms. The molecule has 1 aliphatic heterocycles. The normalized spacial score (nSPS) is 17.9. The third-order valence-electron chi connectivity index (χ3n) is 3.25. The Morgan fingerprint density at radius 1 is 1.60 bits per heavy atom. The highest BCUT2D eigenvalue weighted by molar-refractivity contribution is 5.83. The molecule has 2 heterocycles. The van der Waals surface area contributed by atoms with Crippen LogP contribution in [0.1, 0.15) is 18.4 Å². The minimum absolute atomic E-state index is 0.306. The third kappa shape index (κ3) is 3.17. The van der Waals surface area contributed by atoms with Crippen molar-refractivity contribution in [3.63, 3.8) is 0 Å². The van der Waals surface area contributed by atoms with E-state index in [9.17, 15) is 9.59 Å². The number of hydrogen-bond acceptors (Lipinski definition) is 4. The number of carboxylic acids is 1. The first-order chi connectivity index (χ1) is 9.61. The zero-order valence-corrected chi connectivity index (χ0v) is 11.2. The van der Waals surface area contributed by atoms with Crippen LogP contribution in [0.4, 0.5) is 4.79 Å². The molecule has 7 nitrogen and oxygen atoms in total. The van der Waals surface area contributed by atoms with Crippen molar-refractivity contribution in [3.05, 3.63) is 23.9 Å². The van der Waals surface area contributed by atoms with Crippen LogP contribution in [0.25, 0.3) is 0 Å². The lowest BCUT2D eigenvalue weighted by atomic mass is 10.2. The molecular formula is C13H17N3O4. The Kier molecular flexibility index (Phi) is 4.39. The third-order valence-corrected chi connectivity index (χ3v) is 3.25. The van der Waals surface area contributed by atoms with Gasteiger partial charge in [-0.05, 0) is 24.5 Å². The number of ether oxygens (including phenoxy) is 1. The molecule has 1 aliphatic rings. The van der Waals surface area contributed by atoms with Crippen molar-refractivity contribution in [2.24, 2.45) is 0 Å². The van der Waals surface area contributed by atoms with Gasteiger partial charge in [-0.2, -0.15) is 0 Å². The molecule has 2 N–H and O–H groups in total. The summed E-state index contributed by atoms with van der Waals surface area (Å²) >= 11 is 0. The summed E-state index contributed by atoms with van der Waals surface area (Å²) in [5.74, 6) is -0.482. The number of aromatic nitrogens is 1. The number of rotatable bonds is 4. The summed E-state index contributed by atoms with van der Waals surface area (Å²) in [7, 11) is 1.52. The highest BCUT2D eigenvalue weighted by Crippen LogP contribution is 2.17. The van der Waals surface area contributed by atoms with Gasteiger partial charge in [-0.15, -0.1) is 0 Å². The van der Waals surface area contributed by atoms with Gasteiger partial charge in [0.25, 0.3) is 0 Å². The predicted molar refractivity (Wildman–Crippen MR) is 70.4 cm³/mol. The number of carbonyl (C=O) groups excluding carboxylic acids is 1. The average Bonchev–Trinajstić information content (AvgIpc) is 2.94. The lowest BCUT2D eigenvalue weighted by Gasteiger charge is -2.21. The summed E-state index contributed by atoms with van der Waals surface area (Å²) in [4.78, 5) is 28.4. The Morgan fingerprint density at radius 3 is 3.10 bits per heavy atom. The van der Waals surface area contributed by atoms with E-state index in [4.69, 9.17) is 9.84 Å². The fraction of sp³-hybridized carbons (Fsp3) is 0.462. The van der Waals surface area contributed by atoms with Crippen molar-refractivity contribution in [1.29, 1.82) is 0 Å². The van der Waals surface area contributed by atoms with Crippen LogP contribution in [-0.2, 0) is 11.3 Å². The number of likely N-dealkylation sites (tertiary alicyclic amines) is 1. The first kappa shape index (κ1) is 14.1. The average molecular weight is 279 g/mol. The van der Waals surface area contributed by atoms with Crippen molar-refractivity contribution in [3.8, 4) is 5.88 Å². The van der Waals surface area contributed by atoms with Crippen LogP contribution in [0.5, 0.6) is 5.88 Å². The van der Waals surface area contributed by atoms with Crippen molar-refractivity contribution < 1.29 is 19.4 Å². The molecule has 0 spiro atoms. The Balaban J connectivity index is 1.93. The quantitative estimate of drug-likeness (QED) is 0.852. The molecule has 7 heteroatoms. The van der Waals surface area contributed by atoms with Crippen LogP contribution in [0.15, 0.2) is 18.3 Å². The molecule has 1 aromatic heterocycles. The number of hydrogen-bond donors (Lipinski definition) is 2. The van der Waals surface area contributed by atoms with Gasteiger partial charge in [-0.25, -0.2) is 14.6 Å². The van der Waals surface area contributed by atoms with E-state index in [1.165, 1.54) is 12.0 Å². The molecule has 0 aromatic carbocycles. The number of urea groups is 1. The molecular weight excluding hydrogens is 262 g/mol. The number of carbonyl (C=O) groups is 2. The van der Waals surface area contributed by atoms with E-state index < -0.39 is 12.0 Å². The number of carboxylic acid groups (broad SMARTS) is 1. The molecule has 2 amide bonds. The monoisotopic (exact) mass is 279 g/mol. The number of methoxy groups -OCH3 is 1. The minimum atomic E-state index is -0.955. The Bertz CT molecular complexity index is 506. The Labute approximate surface area is 116 Å². The van der Waals surface area contributed by atoms with E-state index in [0.29, 0.717) is 31.8 Å². The van der Waals surface area contributed by atoms with Crippen LogP contribution in [0.3, 0.4) is 0 Å². The molecule has 1 saturated heterocycles. The summed E-state index contributed by atoms with van der Waals surface area (Å²) in [6.07, 6.45) is 2.82. The summed E-state index contributed by atoms with van der Waals surface area (Å²) in [5.41, 5.74) is 0.844. The molecule has 0 saturated carbocycles. The molecule has 0 aliphatic carbocycles. The first-order valence-corrected chi connectivity index (χ1v) is 6.38. The summed E-state index contributed by atoms with van der Waals surface area (Å²) < 4.78 is 5.00. The maximum Gasteiger partial charge on any atom is 0.326 e. The summed E-state index contributed by atoms with van der Waals surface area (Å²) in [6.45, 7) is 0.781. The van der Waals surface area contributed by atoms with Crippen molar-refractivity contribution in [2.75, 3.05) is 13.7 Å². The second kappa shape index (κ2) is 6.23. The highest BCUT2D eigenvalue weighted by Gasteiger charge is 2.33. The van der Waals surface area contributed by atoms with Crippen LogP contribution in [-0.4, -0.2) is 46.7 Å². The zero-order chi connectivity index (χ0) is 14.5. The Morgan fingerprint density at radius 2 is 2.40 bits per heavy atom. The van der Waals surface area contributed by atoms with Crippen LogP contribution >= 0.6 is 0 Å². The number of nitrogens with one attached hydrogen (secondary N) is 1. The number of nitrogens with zero attached hydrogens (tertiary/aromatic N) is 2. The molecule has 0 radical (unpaired) electrons. The van der Waals surface area contributed by atoms with Gasteiger partial charge in [0.15, 0.2) is 0 Å². The fourth-order valence-electron chi connectivity index (χ4n) is 2.22. The maximum absolute atomic E-state index is 12.0. The van der Waals surface area contributed by atoms with Gasteiger partial charge < -0.3 is 20.1 Å². The zero-order valence-electron chi connectivity index (χ0n) is 11.2. The number of amides is 2. The van der Waals surface area contributed by atoms with Crippen LogP contribution in [0.2, 0.25) is 0 Å². The molecule has 1 atom stereocenters. The van der Waals surface area contributed by atoms with Gasteiger partial charge in [0, 0.05) is 25.4 Å². The minimum Gasteiger partial charge on any atom is -0.481 e. The SMILES string of the molecule is COc1cc(CNC(=O)N2CCC[C@H]2C(=O)O)ccn1. The smallest absolute Gasteiger partial charge is 0.326 e. The van der Waals surface area contributed by atoms with E-state index in [1.54, 1.807) is 18.3 Å². The van der Waals surface area contributed by atoms with Crippen molar-refractivity contribution in [2.45, 2.75) is 25.4 Å². The lowest BCUT2D eigenvalue weighted by molar-refractivity contribution is -0.141. The van der Waals surface area contributed by atoms with Crippen molar-refractivity contribution in [1.82, 2.24) is 15.2 Å². The highest BCUT2D eigenvalue weighted by atomic mass is 16.5. The summed E-state index contributed by atoms with van der Waals surface area (Å²) in [5, 5.41) is 11.8. The van der Waals surface area contributed by atoms with Gasteiger partial charge in [0.05, 0.1) is 7.11 Å². The molecule has 1 aromatic rings. The summed E-state index contributed by atoms with van der Waals surface area (Å²) in [6, 6.07) is 2.41. The van der Waals surface area contributed by atoms with Gasteiger partial charge in [0.1, 0.15) is 6.04 Å². The fourth-order valence-corrected chi connectivity index (χ4v) is 2.22. The van der Waals surface area contributed by atoms with E-state index >= 15 is 0 Å². The van der Waals surface area contributed by atoms with Gasteiger partial charge in [-0.1, -0.05) is 0 Å². The van der Waals surface area contributed by atoms with Gasteiger partial charge in [0.2, 0.25) is 5.88 Å². The molecule has 2 rings (SSSR count). The molecule has 0 bridgehead atoms. The van der Waals surface area contributed by atoms with Gasteiger partial charge >= 0.3 is 12.0 Å². The lowest BCUT2D eigenvalue weighted by Crippen LogP contribution is -2.45. The van der Waals surface area contributed by atoms with E-state index in [-0.39, 0.29) is 6.03 Å². The second-order valence-corrected chi connectivity index (χ2v) is 4.55. The maximum atomic E-state index is 12.0. The topological polar surface area (TPSA) is 91.8 Å². The first-order valence-electron chi connectivity index (χ1n) is 6.38. The number of aliphatic carboxylic acids is 1. The van der Waals surface area contributed by atoms with E-state index in [2.05, 4.69) is 10.3 Å². The van der Waals surface area contributed by atoms with E-state index in [0.717, 1.165) is 5.56 Å². The van der Waals surface area contributed by atoms with E-state index in [1.807, 2.05) is 0 Å². The van der Waals surface area contributed by atoms with Crippen LogP contribution < -0.4 is 10.1 Å². The van der Waals surface area contributed by atoms with Gasteiger partial charge in [-0.3, -0.25) is 0 Å². The van der Waals surface area contributed by atoms with Crippen LogP contribution in [0, 0.1) is 0 Å². The van der Waals surface area contributed by atoms with Crippen molar-refractivity contribution >= 4 is 12.0 Å². The molecule has 1 fully saturated rings. The Hall–Kier alpha value is -2.31. The predicted octanol–water partition coefficient (Wildman–Crippen LogP) is 0.849.